The highest BCUT2D eigenvalue weighted by Gasteiger charge is 2.10. The van der Waals surface area contributed by atoms with Crippen LogP contribution in [0.25, 0.3) is 0 Å². The lowest BCUT2D eigenvalue weighted by Gasteiger charge is -2.21. The molecule has 250 valence electrons. The summed E-state index contributed by atoms with van der Waals surface area (Å²) in [6.45, 7) is 10.2. The van der Waals surface area contributed by atoms with E-state index in [2.05, 4.69) is 101 Å². The molecule has 0 spiro atoms. The molecular formula is C40H73NO2. The Morgan fingerprint density at radius 3 is 1.70 bits per heavy atom. The summed E-state index contributed by atoms with van der Waals surface area (Å²) in [5, 5.41) is 0. The van der Waals surface area contributed by atoms with Crippen molar-refractivity contribution in [2.75, 3.05) is 40.5 Å². The Balaban J connectivity index is 3.75. The van der Waals surface area contributed by atoms with E-state index in [0.717, 1.165) is 51.4 Å². The molecule has 0 heterocycles. The van der Waals surface area contributed by atoms with Crippen molar-refractivity contribution in [3.63, 3.8) is 0 Å². The molecular weight excluding hydrogens is 526 g/mol. The van der Waals surface area contributed by atoms with Gasteiger partial charge in [0.25, 0.3) is 0 Å². The summed E-state index contributed by atoms with van der Waals surface area (Å²) in [5.74, 6) is 0.746. The van der Waals surface area contributed by atoms with Gasteiger partial charge in [-0.3, -0.25) is 0 Å². The predicted octanol–water partition coefficient (Wildman–Crippen LogP) is 11.8. The SMILES string of the molecule is CCCCC/C=C\CC=C/C=C\CCCCCOCC(CN(C)C)OCCCCC/C=C\CC(C)C/C=C\CCCCC. The highest BCUT2D eigenvalue weighted by Crippen LogP contribution is 2.12. The summed E-state index contributed by atoms with van der Waals surface area (Å²) >= 11 is 0. The maximum Gasteiger partial charge on any atom is 0.0934 e. The van der Waals surface area contributed by atoms with E-state index < -0.39 is 0 Å². The Labute approximate surface area is 270 Å². The molecule has 0 aromatic heterocycles. The van der Waals surface area contributed by atoms with Crippen LogP contribution in [0.15, 0.2) is 60.8 Å². The minimum atomic E-state index is 0.165. The van der Waals surface area contributed by atoms with Gasteiger partial charge in [-0.25, -0.2) is 0 Å². The van der Waals surface area contributed by atoms with E-state index in [1.807, 2.05) is 0 Å². The first kappa shape index (κ1) is 41.6. The Hall–Kier alpha value is -1.42. The van der Waals surface area contributed by atoms with Gasteiger partial charge in [0.15, 0.2) is 0 Å². The van der Waals surface area contributed by atoms with Crippen molar-refractivity contribution in [1.29, 1.82) is 0 Å². The zero-order chi connectivity index (χ0) is 31.5. The van der Waals surface area contributed by atoms with Crippen LogP contribution in [0, 0.1) is 5.92 Å². The van der Waals surface area contributed by atoms with Crippen molar-refractivity contribution < 1.29 is 9.47 Å². The van der Waals surface area contributed by atoms with Crippen LogP contribution in [-0.2, 0) is 9.47 Å². The normalized spacial score (nSPS) is 14.2. The lowest BCUT2D eigenvalue weighted by Crippen LogP contribution is -2.32. The van der Waals surface area contributed by atoms with E-state index in [9.17, 15) is 0 Å². The second-order valence-corrected chi connectivity index (χ2v) is 12.6. The van der Waals surface area contributed by atoms with Crippen molar-refractivity contribution in [3.05, 3.63) is 60.8 Å². The fourth-order valence-electron chi connectivity index (χ4n) is 4.85. The van der Waals surface area contributed by atoms with E-state index in [0.29, 0.717) is 6.61 Å². The maximum atomic E-state index is 6.20. The van der Waals surface area contributed by atoms with Crippen LogP contribution >= 0.6 is 0 Å². The quantitative estimate of drug-likeness (QED) is 0.0436. The Morgan fingerprint density at radius 1 is 0.558 bits per heavy atom. The summed E-state index contributed by atoms with van der Waals surface area (Å²) in [6.07, 6.45) is 46.6. The third-order valence-electron chi connectivity index (χ3n) is 7.58. The molecule has 0 fully saturated rings. The predicted molar refractivity (Wildman–Crippen MR) is 193 cm³/mol. The fourth-order valence-corrected chi connectivity index (χ4v) is 4.85. The average molecular weight is 600 g/mol. The van der Waals surface area contributed by atoms with Crippen LogP contribution in [0.3, 0.4) is 0 Å². The molecule has 0 bridgehead atoms. The smallest absolute Gasteiger partial charge is 0.0934 e. The third kappa shape index (κ3) is 34.9. The number of likely N-dealkylation sites (N-methyl/N-ethyl adjacent to an activating group) is 1. The van der Waals surface area contributed by atoms with Gasteiger partial charge in [-0.15, -0.1) is 0 Å². The number of ether oxygens (including phenoxy) is 2. The molecule has 0 saturated heterocycles. The molecule has 0 aliphatic carbocycles. The summed E-state index contributed by atoms with van der Waals surface area (Å²) in [4.78, 5) is 2.20. The lowest BCUT2D eigenvalue weighted by molar-refractivity contribution is -0.0287. The first-order valence-electron chi connectivity index (χ1n) is 18.2. The molecule has 0 aromatic carbocycles. The van der Waals surface area contributed by atoms with Gasteiger partial charge < -0.3 is 14.4 Å². The molecule has 2 atom stereocenters. The number of unbranched alkanes of at least 4 members (excludes halogenated alkanes) is 12. The molecule has 0 amide bonds. The summed E-state index contributed by atoms with van der Waals surface area (Å²) < 4.78 is 12.2. The number of nitrogens with zero attached hydrogens (tertiary/aromatic N) is 1. The second-order valence-electron chi connectivity index (χ2n) is 12.6. The zero-order valence-electron chi connectivity index (χ0n) is 29.5. The molecule has 43 heavy (non-hydrogen) atoms. The highest BCUT2D eigenvalue weighted by molar-refractivity contribution is 5.04. The summed E-state index contributed by atoms with van der Waals surface area (Å²) in [5.41, 5.74) is 0. The van der Waals surface area contributed by atoms with E-state index >= 15 is 0 Å². The Bertz CT molecular complexity index is 691. The van der Waals surface area contributed by atoms with Gasteiger partial charge in [0.05, 0.1) is 12.7 Å². The maximum absolute atomic E-state index is 6.20. The fraction of sp³-hybridized carbons (Fsp3) is 0.750. The van der Waals surface area contributed by atoms with Crippen molar-refractivity contribution in [2.45, 2.75) is 149 Å². The number of hydrogen-bond acceptors (Lipinski definition) is 3. The van der Waals surface area contributed by atoms with E-state index in [4.69, 9.17) is 9.47 Å². The van der Waals surface area contributed by atoms with Gasteiger partial charge in [-0.05, 0) is 103 Å². The van der Waals surface area contributed by atoms with Crippen LogP contribution in [0.1, 0.15) is 143 Å². The van der Waals surface area contributed by atoms with Crippen molar-refractivity contribution >= 4 is 0 Å². The zero-order valence-corrected chi connectivity index (χ0v) is 29.5. The minimum absolute atomic E-state index is 0.165. The third-order valence-corrected chi connectivity index (χ3v) is 7.58. The summed E-state index contributed by atoms with van der Waals surface area (Å²) in [7, 11) is 4.23. The topological polar surface area (TPSA) is 21.7 Å². The molecule has 0 aliphatic heterocycles. The van der Waals surface area contributed by atoms with Crippen molar-refractivity contribution in [2.24, 2.45) is 5.92 Å². The molecule has 0 aromatic rings. The van der Waals surface area contributed by atoms with Gasteiger partial charge in [-0.1, -0.05) is 120 Å². The van der Waals surface area contributed by atoms with E-state index in [1.165, 1.54) is 96.3 Å². The molecule has 3 nitrogen and oxygen atoms in total. The van der Waals surface area contributed by atoms with Crippen LogP contribution in [-0.4, -0.2) is 51.5 Å². The molecule has 3 heteroatoms. The Kier molecular flexibility index (Phi) is 33.9. The Morgan fingerprint density at radius 2 is 1.09 bits per heavy atom. The van der Waals surface area contributed by atoms with Crippen molar-refractivity contribution in [3.8, 4) is 0 Å². The van der Waals surface area contributed by atoms with Gasteiger partial charge >= 0.3 is 0 Å². The first-order valence-corrected chi connectivity index (χ1v) is 18.2. The van der Waals surface area contributed by atoms with Crippen LogP contribution < -0.4 is 0 Å². The van der Waals surface area contributed by atoms with E-state index in [1.54, 1.807) is 0 Å². The first-order chi connectivity index (χ1) is 21.1. The van der Waals surface area contributed by atoms with Gasteiger partial charge in [0.2, 0.25) is 0 Å². The van der Waals surface area contributed by atoms with Crippen LogP contribution in [0.4, 0.5) is 0 Å². The van der Waals surface area contributed by atoms with Crippen molar-refractivity contribution in [1.82, 2.24) is 4.90 Å². The molecule has 0 aliphatic rings. The lowest BCUT2D eigenvalue weighted by atomic mass is 10.0. The molecule has 2 unspecified atom stereocenters. The number of allylic oxidation sites excluding steroid dienone is 10. The monoisotopic (exact) mass is 600 g/mol. The van der Waals surface area contributed by atoms with Gasteiger partial charge in [0, 0.05) is 19.8 Å². The highest BCUT2D eigenvalue weighted by atomic mass is 16.5. The molecule has 0 saturated carbocycles. The largest absolute Gasteiger partial charge is 0.379 e. The minimum Gasteiger partial charge on any atom is -0.379 e. The van der Waals surface area contributed by atoms with Crippen LogP contribution in [0.2, 0.25) is 0 Å². The van der Waals surface area contributed by atoms with Gasteiger partial charge in [-0.2, -0.15) is 0 Å². The van der Waals surface area contributed by atoms with Crippen LogP contribution in [0.5, 0.6) is 0 Å². The number of hydrogen-bond donors (Lipinski definition) is 0. The molecule has 0 radical (unpaired) electrons. The van der Waals surface area contributed by atoms with Gasteiger partial charge in [0.1, 0.15) is 0 Å². The molecule has 0 N–H and O–H groups in total. The molecule has 0 rings (SSSR count). The average Bonchev–Trinajstić information content (AvgIpc) is 2.99. The summed E-state index contributed by atoms with van der Waals surface area (Å²) in [6, 6.07) is 0. The van der Waals surface area contributed by atoms with E-state index in [-0.39, 0.29) is 6.10 Å². The number of rotatable bonds is 32. The second kappa shape index (κ2) is 35.1. The standard InChI is InChI=1S/C40H73NO2/c1-6-8-10-12-14-15-16-17-18-19-20-21-23-27-31-35-42-38-40(37-41(4)5)43-36-32-28-24-22-26-30-34-39(3)33-29-25-13-11-9-7-2/h14-15,17-20,25-26,29-30,39-40H,6-13,16,21-24,27-28,31-38H2,1-5H3/b15-14-,18-17?,20-19-,29-25-,30-26-.